The van der Waals surface area contributed by atoms with Crippen molar-refractivity contribution in [3.63, 3.8) is 0 Å². The van der Waals surface area contributed by atoms with Gasteiger partial charge in [-0.1, -0.05) is 81.6 Å². The quantitative estimate of drug-likeness (QED) is 0.563. The van der Waals surface area contributed by atoms with Gasteiger partial charge in [0, 0.05) is 0 Å². The fourth-order valence-electron chi connectivity index (χ4n) is 0.340. The maximum absolute atomic E-state index is 10.5. The first kappa shape index (κ1) is 31.8. The molecule has 0 radical (unpaired) electrons. The van der Waals surface area contributed by atoms with Crippen molar-refractivity contribution in [2.24, 2.45) is 0 Å². The van der Waals surface area contributed by atoms with Gasteiger partial charge in [-0.2, -0.15) is 6.08 Å². The second kappa shape index (κ2) is 16.5. The molecule has 0 spiro atoms. The molecule has 0 fully saturated rings. The van der Waals surface area contributed by atoms with E-state index in [2.05, 4.69) is 12.2 Å². The van der Waals surface area contributed by atoms with E-state index in [0.717, 1.165) is 6.42 Å². The summed E-state index contributed by atoms with van der Waals surface area (Å²) < 4.78 is 0. The molecule has 0 saturated heterocycles. The first-order chi connectivity index (χ1) is 10.2. The fourth-order valence-corrected chi connectivity index (χ4v) is 0.340. The van der Waals surface area contributed by atoms with Gasteiger partial charge in [0.1, 0.15) is 0 Å². The van der Waals surface area contributed by atoms with Crippen LogP contribution in [0.3, 0.4) is 0 Å². The Hall–Kier alpha value is 0.0743. The van der Waals surface area contributed by atoms with Crippen LogP contribution in [0.15, 0.2) is 18.2 Å². The summed E-state index contributed by atoms with van der Waals surface area (Å²) in [6.07, 6.45) is 12.1. The summed E-state index contributed by atoms with van der Waals surface area (Å²) in [5.41, 5.74) is -2.12. The van der Waals surface area contributed by atoms with Crippen LogP contribution in [0, 0.1) is 6.08 Å². The van der Waals surface area contributed by atoms with E-state index in [4.69, 9.17) is 0 Å². The summed E-state index contributed by atoms with van der Waals surface area (Å²) in [6.45, 7) is 15.8. The van der Waals surface area contributed by atoms with Crippen LogP contribution < -0.4 is 15.3 Å². The predicted octanol–water partition coefficient (Wildman–Crippen LogP) is 2.91. The summed E-state index contributed by atoms with van der Waals surface area (Å²) in [5.74, 6) is 0. The summed E-state index contributed by atoms with van der Waals surface area (Å²) in [5, 5.41) is 31.4. The Kier molecular flexibility index (Phi) is 21.9. The zero-order chi connectivity index (χ0) is 19.2. The van der Waals surface area contributed by atoms with E-state index < -0.39 is 16.8 Å². The van der Waals surface area contributed by atoms with E-state index in [1.54, 1.807) is 41.5 Å². The van der Waals surface area contributed by atoms with Crippen LogP contribution in [0.2, 0.25) is 0 Å². The molecular formula is C20H38O3Ti. The first-order valence-electron chi connectivity index (χ1n) is 8.51. The second-order valence-electron chi connectivity index (χ2n) is 7.34. The molecule has 0 bridgehead atoms. The number of rotatable bonds is 3. The summed E-state index contributed by atoms with van der Waals surface area (Å²) in [7, 11) is 0. The molecule has 3 nitrogen and oxygen atoms in total. The maximum Gasteiger partial charge on any atom is 4.00 e. The van der Waals surface area contributed by atoms with Crippen molar-refractivity contribution < 1.29 is 37.0 Å². The van der Waals surface area contributed by atoms with Gasteiger partial charge in [-0.25, -0.2) is 12.2 Å². The Morgan fingerprint density at radius 2 is 1.00 bits per heavy atom. The van der Waals surface area contributed by atoms with E-state index in [0.29, 0.717) is 19.3 Å². The van der Waals surface area contributed by atoms with Gasteiger partial charge in [-0.05, 0) is 0 Å². The van der Waals surface area contributed by atoms with Crippen molar-refractivity contribution >= 4 is 0 Å². The largest absolute Gasteiger partial charge is 4.00 e. The van der Waals surface area contributed by atoms with E-state index in [-0.39, 0.29) is 21.7 Å². The molecule has 0 amide bonds. The third-order valence-corrected chi connectivity index (χ3v) is 3.14. The molecule has 1 aliphatic carbocycles. The number of allylic oxidation sites excluding steroid dienone is 4. The molecule has 0 aliphatic heterocycles. The second-order valence-corrected chi connectivity index (χ2v) is 7.34. The Labute approximate surface area is 166 Å². The van der Waals surface area contributed by atoms with Crippen LogP contribution in [0.5, 0.6) is 0 Å². The molecule has 0 heterocycles. The summed E-state index contributed by atoms with van der Waals surface area (Å²) in [6, 6.07) is 0. The normalized spacial score (nSPS) is 12.7. The van der Waals surface area contributed by atoms with E-state index in [1.807, 2.05) is 32.9 Å². The van der Waals surface area contributed by atoms with Crippen molar-refractivity contribution in [3.05, 3.63) is 24.3 Å². The first-order valence-corrected chi connectivity index (χ1v) is 8.51. The molecule has 0 aromatic heterocycles. The van der Waals surface area contributed by atoms with Crippen LogP contribution in [-0.2, 0) is 21.7 Å². The van der Waals surface area contributed by atoms with Gasteiger partial charge < -0.3 is 15.3 Å². The summed E-state index contributed by atoms with van der Waals surface area (Å²) in [4.78, 5) is 0. The van der Waals surface area contributed by atoms with Gasteiger partial charge in [-0.3, -0.25) is 6.08 Å². The zero-order valence-electron chi connectivity index (χ0n) is 17.3. The zero-order valence-corrected chi connectivity index (χ0v) is 18.8. The molecule has 0 unspecified atom stereocenters. The monoisotopic (exact) mass is 374 g/mol. The van der Waals surface area contributed by atoms with Crippen molar-refractivity contribution in [3.8, 4) is 0 Å². The number of hydrogen-bond acceptors (Lipinski definition) is 3. The van der Waals surface area contributed by atoms with Crippen LogP contribution in [-0.4, -0.2) is 16.8 Å². The molecule has 0 atom stereocenters. The fraction of sp³-hybridized carbons (Fsp3) is 0.800. The van der Waals surface area contributed by atoms with Gasteiger partial charge in [0.05, 0.1) is 0 Å². The van der Waals surface area contributed by atoms with Crippen molar-refractivity contribution in [2.45, 2.75) is 105 Å². The van der Waals surface area contributed by atoms with E-state index in [1.165, 1.54) is 0 Å². The average Bonchev–Trinajstić information content (AvgIpc) is 2.97. The molecule has 140 valence electrons. The smallest absolute Gasteiger partial charge is 0.850 e. The van der Waals surface area contributed by atoms with Gasteiger partial charge in [0.2, 0.25) is 0 Å². The molecule has 0 aromatic carbocycles. The Balaban J connectivity index is -0.000000110. The van der Waals surface area contributed by atoms with Gasteiger partial charge in [-0.15, -0.1) is 23.2 Å². The molecule has 1 rings (SSSR count). The molecule has 4 heteroatoms. The molecule has 1 aliphatic rings. The van der Waals surface area contributed by atoms with Crippen molar-refractivity contribution in [1.82, 2.24) is 0 Å². The van der Waals surface area contributed by atoms with Gasteiger partial charge in [0.25, 0.3) is 0 Å². The van der Waals surface area contributed by atoms with Gasteiger partial charge in [0.15, 0.2) is 0 Å². The molecule has 0 N–H and O–H groups in total. The Morgan fingerprint density at radius 1 is 0.750 bits per heavy atom. The predicted molar refractivity (Wildman–Crippen MR) is 94.7 cm³/mol. The SMILES string of the molecule is CCC(C)(C)[O-].CCC(C)(C)[O-].CCC(C)(C)[O-].[C-]1=CC=CC1.[Ti+4]. The van der Waals surface area contributed by atoms with E-state index in [9.17, 15) is 15.3 Å². The topological polar surface area (TPSA) is 69.2 Å². The third-order valence-electron chi connectivity index (χ3n) is 3.14. The molecule has 0 saturated carbocycles. The minimum atomic E-state index is -0.708. The molecule has 24 heavy (non-hydrogen) atoms. The number of hydrogen-bond donors (Lipinski definition) is 0. The van der Waals surface area contributed by atoms with Crippen molar-refractivity contribution in [1.29, 1.82) is 0 Å². The third kappa shape index (κ3) is 49.5. The maximum atomic E-state index is 10.5. The van der Waals surface area contributed by atoms with Gasteiger partial charge >= 0.3 is 21.7 Å². The van der Waals surface area contributed by atoms with Crippen LogP contribution in [0.1, 0.15) is 88.0 Å². The minimum absolute atomic E-state index is 0. The van der Waals surface area contributed by atoms with Crippen LogP contribution in [0.25, 0.3) is 0 Å². The average molecular weight is 374 g/mol. The summed E-state index contributed by atoms with van der Waals surface area (Å²) >= 11 is 0. The molecule has 0 aromatic rings. The van der Waals surface area contributed by atoms with Crippen LogP contribution >= 0.6 is 0 Å². The standard InChI is InChI=1S/3C5H11O.C5H5.Ti/c3*1-4-5(2,3)6;1-2-4-5-3-1;/h3*4H2,1-3H3;1-3H,4H2;/q4*-1;+4. The van der Waals surface area contributed by atoms with Crippen LogP contribution in [0.4, 0.5) is 0 Å². The Bertz CT molecular complexity index is 259. The minimum Gasteiger partial charge on any atom is -0.850 e. The van der Waals surface area contributed by atoms with E-state index >= 15 is 0 Å². The molecular weight excluding hydrogens is 336 g/mol. The van der Waals surface area contributed by atoms with Crippen molar-refractivity contribution in [2.75, 3.05) is 0 Å². The Morgan fingerprint density at radius 3 is 1.04 bits per heavy atom.